The largest absolute Gasteiger partial charge is 0.329 e. The van der Waals surface area contributed by atoms with Gasteiger partial charge in [0.05, 0.1) is 2.74 Å². The Morgan fingerprint density at radius 1 is 1.73 bits per heavy atom. The molecule has 0 amide bonds. The second-order valence-electron chi connectivity index (χ2n) is 1.88. The van der Waals surface area contributed by atoms with Gasteiger partial charge < -0.3 is 4.98 Å². The van der Waals surface area contributed by atoms with Gasteiger partial charge in [0, 0.05) is 18.5 Å². The van der Waals surface area contributed by atoms with Gasteiger partial charge in [-0.2, -0.15) is 5.10 Å². The van der Waals surface area contributed by atoms with Crippen LogP contribution in [0.15, 0.2) is 29.2 Å². The Morgan fingerprint density at radius 2 is 2.64 bits per heavy atom. The van der Waals surface area contributed by atoms with Crippen LogP contribution in [0.1, 0.15) is 2.74 Å². The molecule has 0 aliphatic carbocycles. The van der Waals surface area contributed by atoms with E-state index < -0.39 is 0 Å². The summed E-state index contributed by atoms with van der Waals surface area (Å²) in [6.07, 6.45) is 1.59. The molecule has 56 valence electrons. The van der Waals surface area contributed by atoms with Gasteiger partial charge in [0.2, 0.25) is 5.95 Å². The Hall–Kier alpha value is -1.10. The molecule has 2 aromatic heterocycles. The van der Waals surface area contributed by atoms with Crippen molar-refractivity contribution in [3.8, 4) is 5.95 Å². The van der Waals surface area contributed by atoms with Crippen LogP contribution in [0.3, 0.4) is 0 Å². The number of hydrogen-bond acceptors (Lipinski definition) is 2. The monoisotopic (exact) mass is 214 g/mol. The zero-order chi connectivity index (χ0) is 9.42. The smallest absolute Gasteiger partial charge is 0.227 e. The second kappa shape index (κ2) is 2.50. The molecule has 0 unspecified atom stereocenters. The third kappa shape index (κ3) is 1.19. The molecule has 0 radical (unpaired) electrons. The summed E-state index contributed by atoms with van der Waals surface area (Å²) in [5.41, 5.74) is 0. The molecule has 2 aromatic rings. The quantitative estimate of drug-likeness (QED) is 0.780. The maximum absolute atomic E-state index is 7.24. The lowest BCUT2D eigenvalue weighted by molar-refractivity contribution is 0.817. The maximum atomic E-state index is 7.24. The van der Waals surface area contributed by atoms with Gasteiger partial charge in [-0.3, -0.25) is 0 Å². The average molecular weight is 215 g/mol. The molecule has 0 aromatic carbocycles. The minimum atomic E-state index is -0.0818. The highest BCUT2D eigenvalue weighted by Crippen LogP contribution is 2.06. The van der Waals surface area contributed by atoms with Crippen LogP contribution in [0.4, 0.5) is 0 Å². The van der Waals surface area contributed by atoms with Gasteiger partial charge in [-0.25, -0.2) is 9.67 Å². The minimum Gasteiger partial charge on any atom is -0.329 e. The van der Waals surface area contributed by atoms with E-state index in [0.717, 1.165) is 0 Å². The van der Waals surface area contributed by atoms with Crippen molar-refractivity contribution in [2.24, 2.45) is 0 Å². The van der Waals surface area contributed by atoms with E-state index in [2.05, 4.69) is 31.0 Å². The van der Waals surface area contributed by atoms with E-state index in [1.165, 1.54) is 4.68 Å². The summed E-state index contributed by atoms with van der Waals surface area (Å²) in [5, 5.41) is 4.01. The fourth-order valence-electron chi connectivity index (χ4n) is 0.721. The fraction of sp³-hybridized carbons (Fsp3) is 0. The molecule has 0 aliphatic heterocycles. The van der Waals surface area contributed by atoms with E-state index in [1.54, 1.807) is 12.3 Å². The molecule has 0 atom stereocenters. The molecule has 0 aliphatic rings. The Bertz CT molecular complexity index is 416. The van der Waals surface area contributed by atoms with Crippen LogP contribution in [-0.4, -0.2) is 19.7 Å². The van der Waals surface area contributed by atoms with Crippen LogP contribution in [0.25, 0.3) is 5.95 Å². The summed E-state index contributed by atoms with van der Waals surface area (Å²) >= 11 is 3.19. The van der Waals surface area contributed by atoms with E-state index in [-0.39, 0.29) is 12.3 Å². The molecule has 2 heterocycles. The van der Waals surface area contributed by atoms with Crippen LogP contribution in [0, 0.1) is 0 Å². The number of aromatic nitrogens is 4. The molecule has 0 saturated carbocycles. The first-order valence-corrected chi connectivity index (χ1v) is 3.71. The molecule has 0 bridgehead atoms. The van der Waals surface area contributed by atoms with Crippen molar-refractivity contribution in [2.75, 3.05) is 0 Å². The number of aromatic amines is 1. The molecule has 0 spiro atoms. The summed E-state index contributed by atoms with van der Waals surface area (Å²) in [4.78, 5) is 6.42. The van der Waals surface area contributed by atoms with E-state index >= 15 is 0 Å². The highest BCUT2D eigenvalue weighted by atomic mass is 79.9. The summed E-state index contributed by atoms with van der Waals surface area (Å²) in [6, 6.07) is 1.75. The Balaban J connectivity index is 2.46. The molecular weight excluding hydrogens is 208 g/mol. The van der Waals surface area contributed by atoms with Crippen molar-refractivity contribution >= 4 is 15.9 Å². The van der Waals surface area contributed by atoms with Gasteiger partial charge in [-0.15, -0.1) is 0 Å². The molecule has 5 heteroatoms. The molecule has 1 N–H and O–H groups in total. The highest BCUT2D eigenvalue weighted by Gasteiger charge is 1.98. The average Bonchev–Trinajstić information content (AvgIpc) is 2.61. The first-order valence-electron chi connectivity index (χ1n) is 3.91. The van der Waals surface area contributed by atoms with Gasteiger partial charge >= 0.3 is 0 Å². The van der Waals surface area contributed by atoms with Crippen LogP contribution < -0.4 is 0 Å². The zero-order valence-corrected chi connectivity index (χ0v) is 6.96. The number of halogens is 1. The Kier molecular flexibility index (Phi) is 1.07. The number of nitrogens with one attached hydrogen (secondary N) is 1. The zero-order valence-electron chi connectivity index (χ0n) is 7.37. The standard InChI is InChI=1S/C6H5BrN4/c7-5-1-4-11(10-5)6-8-2-3-9-6/h1-4H,(H,8,9)/i2D,3D. The second-order valence-corrected chi connectivity index (χ2v) is 2.69. The summed E-state index contributed by atoms with van der Waals surface area (Å²) in [6.45, 7) is 0. The van der Waals surface area contributed by atoms with Crippen molar-refractivity contribution in [3.05, 3.63) is 29.2 Å². The summed E-state index contributed by atoms with van der Waals surface area (Å²) < 4.78 is 16.6. The van der Waals surface area contributed by atoms with Gasteiger partial charge in [-0.05, 0) is 22.0 Å². The third-order valence-electron chi connectivity index (χ3n) is 1.17. The Morgan fingerprint density at radius 3 is 3.18 bits per heavy atom. The number of nitrogens with zero attached hydrogens (tertiary/aromatic N) is 3. The number of H-pyrrole nitrogens is 1. The normalized spacial score (nSPS) is 12.8. The fourth-order valence-corrected chi connectivity index (χ4v) is 1.01. The van der Waals surface area contributed by atoms with Gasteiger partial charge in [0.1, 0.15) is 4.60 Å². The maximum Gasteiger partial charge on any atom is 0.227 e. The van der Waals surface area contributed by atoms with Crippen LogP contribution >= 0.6 is 15.9 Å². The molecule has 0 saturated heterocycles. The number of hydrogen-bond donors (Lipinski definition) is 1. The van der Waals surface area contributed by atoms with Gasteiger partial charge in [0.15, 0.2) is 0 Å². The molecule has 0 fully saturated rings. The van der Waals surface area contributed by atoms with Crippen LogP contribution in [-0.2, 0) is 0 Å². The lowest BCUT2D eigenvalue weighted by atomic mass is 10.7. The predicted octanol–water partition coefficient (Wildman–Crippen LogP) is 1.36. The van der Waals surface area contributed by atoms with E-state index in [0.29, 0.717) is 10.6 Å². The van der Waals surface area contributed by atoms with Gasteiger partial charge in [0.25, 0.3) is 0 Å². The molecular formula is C6H5BrN4. The first-order chi connectivity index (χ1) is 6.16. The Labute approximate surface area is 74.2 Å². The number of imidazole rings is 1. The minimum absolute atomic E-state index is 0.0124. The summed E-state index contributed by atoms with van der Waals surface area (Å²) in [7, 11) is 0. The topological polar surface area (TPSA) is 46.5 Å². The number of rotatable bonds is 1. The van der Waals surface area contributed by atoms with Crippen LogP contribution in [0.2, 0.25) is 0 Å². The van der Waals surface area contributed by atoms with E-state index in [4.69, 9.17) is 2.74 Å². The lowest BCUT2D eigenvalue weighted by Crippen LogP contribution is -1.95. The van der Waals surface area contributed by atoms with Crippen molar-refractivity contribution in [2.45, 2.75) is 0 Å². The van der Waals surface area contributed by atoms with E-state index in [9.17, 15) is 0 Å². The third-order valence-corrected chi connectivity index (χ3v) is 1.59. The van der Waals surface area contributed by atoms with Crippen LogP contribution in [0.5, 0.6) is 0 Å². The van der Waals surface area contributed by atoms with Gasteiger partial charge in [-0.1, -0.05) is 0 Å². The predicted molar refractivity (Wildman–Crippen MR) is 43.4 cm³/mol. The SMILES string of the molecule is [2H]c1nc(-n2ccc(Br)n2)[nH]c1[2H]. The molecule has 4 nitrogen and oxygen atoms in total. The summed E-state index contributed by atoms with van der Waals surface area (Å²) in [5.74, 6) is 0.376. The van der Waals surface area contributed by atoms with Crippen molar-refractivity contribution in [3.63, 3.8) is 0 Å². The molecule has 11 heavy (non-hydrogen) atoms. The first kappa shape index (κ1) is 4.71. The van der Waals surface area contributed by atoms with Crippen molar-refractivity contribution in [1.82, 2.24) is 19.7 Å². The van der Waals surface area contributed by atoms with Crippen molar-refractivity contribution in [1.29, 1.82) is 0 Å². The van der Waals surface area contributed by atoms with Crippen molar-refractivity contribution < 1.29 is 2.74 Å². The van der Waals surface area contributed by atoms with E-state index in [1.807, 2.05) is 0 Å². The molecule has 2 rings (SSSR count). The lowest BCUT2D eigenvalue weighted by Gasteiger charge is -1.91. The highest BCUT2D eigenvalue weighted by molar-refractivity contribution is 9.10.